The second kappa shape index (κ2) is 4.06. The average Bonchev–Trinajstić information content (AvgIpc) is 2.24. The van der Waals surface area contributed by atoms with Crippen molar-refractivity contribution in [1.82, 2.24) is 5.32 Å². The lowest BCUT2D eigenvalue weighted by Gasteiger charge is -2.50. The molecule has 88 valence electrons. The summed E-state index contributed by atoms with van der Waals surface area (Å²) in [4.78, 5) is 0. The smallest absolute Gasteiger partial charge is 0.0835 e. The van der Waals surface area contributed by atoms with Crippen molar-refractivity contribution in [3.05, 3.63) is 0 Å². The first-order valence-electron chi connectivity index (χ1n) is 6.45. The van der Waals surface area contributed by atoms with E-state index in [1.165, 1.54) is 32.1 Å². The van der Waals surface area contributed by atoms with Gasteiger partial charge in [0.05, 0.1) is 12.2 Å². The van der Waals surface area contributed by atoms with Crippen molar-refractivity contribution in [2.45, 2.75) is 64.5 Å². The number of ether oxygens (including phenoxy) is 1. The lowest BCUT2D eigenvalue weighted by atomic mass is 9.67. The van der Waals surface area contributed by atoms with Gasteiger partial charge in [-0.2, -0.15) is 0 Å². The van der Waals surface area contributed by atoms with Gasteiger partial charge in [0, 0.05) is 12.6 Å². The monoisotopic (exact) mass is 211 g/mol. The highest BCUT2D eigenvalue weighted by Crippen LogP contribution is 2.44. The molecule has 1 saturated carbocycles. The van der Waals surface area contributed by atoms with Crippen LogP contribution < -0.4 is 5.32 Å². The van der Waals surface area contributed by atoms with E-state index in [0.29, 0.717) is 11.5 Å². The third kappa shape index (κ3) is 2.21. The summed E-state index contributed by atoms with van der Waals surface area (Å²) in [6.45, 7) is 8.97. The summed E-state index contributed by atoms with van der Waals surface area (Å²) in [5.74, 6) is 0. The maximum atomic E-state index is 6.14. The number of hydrogen-bond donors (Lipinski definition) is 1. The molecule has 2 rings (SSSR count). The molecule has 2 heteroatoms. The second-order valence-electron chi connectivity index (χ2n) is 5.99. The minimum absolute atomic E-state index is 0.169. The predicted molar refractivity (Wildman–Crippen MR) is 63.0 cm³/mol. The Morgan fingerprint density at radius 2 is 1.87 bits per heavy atom. The second-order valence-corrected chi connectivity index (χ2v) is 5.99. The average molecular weight is 211 g/mol. The van der Waals surface area contributed by atoms with Gasteiger partial charge in [-0.1, -0.05) is 20.8 Å². The quantitative estimate of drug-likeness (QED) is 0.720. The van der Waals surface area contributed by atoms with Crippen molar-refractivity contribution in [2.24, 2.45) is 5.41 Å². The van der Waals surface area contributed by atoms with Gasteiger partial charge in [-0.05, 0) is 37.5 Å². The fourth-order valence-electron chi connectivity index (χ4n) is 3.13. The molecule has 0 amide bonds. The minimum Gasteiger partial charge on any atom is -0.372 e. The zero-order valence-corrected chi connectivity index (χ0v) is 10.4. The van der Waals surface area contributed by atoms with E-state index in [9.17, 15) is 0 Å². The van der Waals surface area contributed by atoms with Gasteiger partial charge in [-0.25, -0.2) is 0 Å². The van der Waals surface area contributed by atoms with Gasteiger partial charge in [0.25, 0.3) is 0 Å². The molecule has 0 aromatic carbocycles. The molecule has 0 aromatic heterocycles. The number of rotatable bonds is 1. The maximum absolute atomic E-state index is 6.14. The van der Waals surface area contributed by atoms with Crippen LogP contribution in [0.4, 0.5) is 0 Å². The molecular formula is C13H25NO. The van der Waals surface area contributed by atoms with Crippen LogP contribution >= 0.6 is 0 Å². The Kier molecular flexibility index (Phi) is 3.09. The first kappa shape index (κ1) is 11.4. The highest BCUT2D eigenvalue weighted by molar-refractivity contribution is 5.00. The Bertz CT molecular complexity index is 215. The summed E-state index contributed by atoms with van der Waals surface area (Å²) >= 11 is 0. The molecule has 1 aliphatic carbocycles. The van der Waals surface area contributed by atoms with Crippen LogP contribution in [0.2, 0.25) is 0 Å². The van der Waals surface area contributed by atoms with Crippen LogP contribution in [0.15, 0.2) is 0 Å². The Morgan fingerprint density at radius 3 is 2.47 bits per heavy atom. The number of morpholine rings is 1. The summed E-state index contributed by atoms with van der Waals surface area (Å²) in [6.07, 6.45) is 6.30. The van der Waals surface area contributed by atoms with Crippen LogP contribution in [-0.2, 0) is 4.74 Å². The van der Waals surface area contributed by atoms with E-state index in [1.807, 2.05) is 0 Å². The lowest BCUT2D eigenvalue weighted by Crippen LogP contribution is -2.59. The Labute approximate surface area is 93.8 Å². The van der Waals surface area contributed by atoms with Gasteiger partial charge in [0.1, 0.15) is 0 Å². The molecule has 1 saturated heterocycles. The summed E-state index contributed by atoms with van der Waals surface area (Å²) in [5.41, 5.74) is 0.701. The zero-order chi connectivity index (χ0) is 10.9. The van der Waals surface area contributed by atoms with Gasteiger partial charge in [-0.15, -0.1) is 0 Å². The number of nitrogens with one attached hydrogen (secondary N) is 1. The predicted octanol–water partition coefficient (Wildman–Crippen LogP) is 2.72. The zero-order valence-electron chi connectivity index (χ0n) is 10.4. The van der Waals surface area contributed by atoms with Crippen molar-refractivity contribution in [2.75, 3.05) is 13.2 Å². The molecule has 2 aliphatic rings. The van der Waals surface area contributed by atoms with E-state index in [4.69, 9.17) is 4.74 Å². The third-order valence-electron chi connectivity index (χ3n) is 4.38. The summed E-state index contributed by atoms with van der Waals surface area (Å²) < 4.78 is 6.14. The molecule has 0 radical (unpaired) electrons. The summed E-state index contributed by atoms with van der Waals surface area (Å²) in [7, 11) is 0. The van der Waals surface area contributed by atoms with Gasteiger partial charge in [0.2, 0.25) is 0 Å². The fourth-order valence-corrected chi connectivity index (χ4v) is 3.13. The molecule has 1 spiro atoms. The molecular weight excluding hydrogens is 186 g/mol. The molecule has 1 atom stereocenters. The molecule has 0 bridgehead atoms. The van der Waals surface area contributed by atoms with Crippen LogP contribution in [0.5, 0.6) is 0 Å². The minimum atomic E-state index is 0.169. The summed E-state index contributed by atoms with van der Waals surface area (Å²) in [6, 6.07) is 0.586. The van der Waals surface area contributed by atoms with Gasteiger partial charge in [-0.3, -0.25) is 0 Å². The highest BCUT2D eigenvalue weighted by Gasteiger charge is 2.45. The van der Waals surface area contributed by atoms with Crippen molar-refractivity contribution in [3.63, 3.8) is 0 Å². The molecule has 1 N–H and O–H groups in total. The van der Waals surface area contributed by atoms with E-state index in [-0.39, 0.29) is 5.60 Å². The highest BCUT2D eigenvalue weighted by atomic mass is 16.5. The molecule has 2 nitrogen and oxygen atoms in total. The fraction of sp³-hybridized carbons (Fsp3) is 1.00. The standard InChI is InChI=1S/C13H25NO/c1-4-11-13(15-10-9-14-11)7-5-12(2,3)6-8-13/h11,14H,4-10H2,1-3H3. The van der Waals surface area contributed by atoms with Crippen LogP contribution in [-0.4, -0.2) is 24.8 Å². The lowest BCUT2D eigenvalue weighted by molar-refractivity contribution is -0.131. The van der Waals surface area contributed by atoms with Crippen molar-refractivity contribution >= 4 is 0 Å². The van der Waals surface area contributed by atoms with Crippen LogP contribution in [0, 0.1) is 5.41 Å². The molecule has 15 heavy (non-hydrogen) atoms. The van der Waals surface area contributed by atoms with E-state index in [2.05, 4.69) is 26.1 Å². The van der Waals surface area contributed by atoms with Crippen LogP contribution in [0.3, 0.4) is 0 Å². The van der Waals surface area contributed by atoms with Crippen LogP contribution in [0.1, 0.15) is 52.9 Å². The van der Waals surface area contributed by atoms with Crippen molar-refractivity contribution < 1.29 is 4.74 Å². The Balaban J connectivity index is 2.05. The van der Waals surface area contributed by atoms with Crippen molar-refractivity contribution in [1.29, 1.82) is 0 Å². The largest absolute Gasteiger partial charge is 0.372 e. The first-order chi connectivity index (χ1) is 7.08. The van der Waals surface area contributed by atoms with E-state index >= 15 is 0 Å². The number of hydrogen-bond acceptors (Lipinski definition) is 2. The molecule has 0 aromatic rings. The Hall–Kier alpha value is -0.0800. The normalized spacial score (nSPS) is 34.2. The SMILES string of the molecule is CCC1NCCOC12CCC(C)(C)CC2. The third-order valence-corrected chi connectivity index (χ3v) is 4.38. The molecule has 1 aliphatic heterocycles. The Morgan fingerprint density at radius 1 is 1.20 bits per heavy atom. The van der Waals surface area contributed by atoms with E-state index in [0.717, 1.165) is 13.2 Å². The van der Waals surface area contributed by atoms with Gasteiger partial charge >= 0.3 is 0 Å². The summed E-state index contributed by atoms with van der Waals surface area (Å²) in [5, 5.41) is 3.63. The molecule has 2 fully saturated rings. The van der Waals surface area contributed by atoms with Crippen molar-refractivity contribution in [3.8, 4) is 0 Å². The first-order valence-corrected chi connectivity index (χ1v) is 6.45. The van der Waals surface area contributed by atoms with Gasteiger partial charge in [0.15, 0.2) is 0 Å². The van der Waals surface area contributed by atoms with E-state index in [1.54, 1.807) is 0 Å². The van der Waals surface area contributed by atoms with E-state index < -0.39 is 0 Å². The topological polar surface area (TPSA) is 21.3 Å². The van der Waals surface area contributed by atoms with Gasteiger partial charge < -0.3 is 10.1 Å². The van der Waals surface area contributed by atoms with Crippen LogP contribution in [0.25, 0.3) is 0 Å². The molecule has 1 unspecified atom stereocenters. The maximum Gasteiger partial charge on any atom is 0.0835 e. The molecule has 1 heterocycles.